The predicted molar refractivity (Wildman–Crippen MR) is 94.1 cm³/mol. The SMILES string of the molecule is CCCN(CCC)C(=O)C1CC(=O)N(c2ccc(Cl)c(C(F)(F)F)c2)C1. The zero-order chi connectivity index (χ0) is 19.5. The molecule has 1 fully saturated rings. The number of alkyl halides is 3. The van der Waals surface area contributed by atoms with Gasteiger partial charge in [-0.05, 0) is 31.0 Å². The Morgan fingerprint density at radius 1 is 1.27 bits per heavy atom. The van der Waals surface area contributed by atoms with Gasteiger partial charge in [0.15, 0.2) is 0 Å². The van der Waals surface area contributed by atoms with Crippen LogP contribution in [0.3, 0.4) is 0 Å². The van der Waals surface area contributed by atoms with Crippen LogP contribution in [0.5, 0.6) is 0 Å². The van der Waals surface area contributed by atoms with Crippen molar-refractivity contribution >= 4 is 29.1 Å². The lowest BCUT2D eigenvalue weighted by atomic mass is 10.1. The summed E-state index contributed by atoms with van der Waals surface area (Å²) in [6.07, 6.45) is -2.98. The molecule has 1 heterocycles. The minimum atomic E-state index is -4.61. The number of hydrogen-bond donors (Lipinski definition) is 0. The fraction of sp³-hybridized carbons (Fsp3) is 0.556. The second kappa shape index (κ2) is 8.29. The molecule has 2 amide bonds. The first-order chi connectivity index (χ1) is 12.2. The molecule has 1 saturated heterocycles. The van der Waals surface area contributed by atoms with Crippen molar-refractivity contribution in [3.8, 4) is 0 Å². The Balaban J connectivity index is 2.21. The molecular weight excluding hydrogens is 369 g/mol. The van der Waals surface area contributed by atoms with Crippen molar-refractivity contribution < 1.29 is 22.8 Å². The molecule has 1 aliphatic heterocycles. The minimum Gasteiger partial charge on any atom is -0.342 e. The van der Waals surface area contributed by atoms with Gasteiger partial charge in [-0.3, -0.25) is 9.59 Å². The largest absolute Gasteiger partial charge is 0.417 e. The molecule has 1 aromatic carbocycles. The van der Waals surface area contributed by atoms with Crippen LogP contribution in [0.1, 0.15) is 38.7 Å². The van der Waals surface area contributed by atoms with Crippen molar-refractivity contribution in [1.29, 1.82) is 0 Å². The highest BCUT2D eigenvalue weighted by atomic mass is 35.5. The van der Waals surface area contributed by atoms with Crippen LogP contribution in [-0.2, 0) is 15.8 Å². The summed E-state index contributed by atoms with van der Waals surface area (Å²) in [5.74, 6) is -1.01. The van der Waals surface area contributed by atoms with Gasteiger partial charge in [-0.1, -0.05) is 25.4 Å². The van der Waals surface area contributed by atoms with E-state index in [1.807, 2.05) is 13.8 Å². The normalized spacial score (nSPS) is 17.7. The van der Waals surface area contributed by atoms with Gasteiger partial charge in [0.1, 0.15) is 0 Å². The molecule has 8 heteroatoms. The van der Waals surface area contributed by atoms with Crippen LogP contribution in [0.2, 0.25) is 5.02 Å². The monoisotopic (exact) mass is 390 g/mol. The van der Waals surface area contributed by atoms with Gasteiger partial charge in [-0.2, -0.15) is 13.2 Å². The van der Waals surface area contributed by atoms with Crippen LogP contribution in [0.4, 0.5) is 18.9 Å². The average molecular weight is 391 g/mol. The molecule has 1 aromatic rings. The average Bonchev–Trinajstić information content (AvgIpc) is 2.95. The molecule has 144 valence electrons. The first kappa shape index (κ1) is 20.6. The summed E-state index contributed by atoms with van der Waals surface area (Å²) < 4.78 is 39.1. The lowest BCUT2D eigenvalue weighted by Gasteiger charge is -2.25. The van der Waals surface area contributed by atoms with Crippen LogP contribution >= 0.6 is 11.6 Å². The van der Waals surface area contributed by atoms with Gasteiger partial charge in [-0.25, -0.2) is 0 Å². The topological polar surface area (TPSA) is 40.6 Å². The number of amides is 2. The Morgan fingerprint density at radius 3 is 2.42 bits per heavy atom. The molecule has 1 aliphatic rings. The van der Waals surface area contributed by atoms with Gasteiger partial charge in [0.2, 0.25) is 11.8 Å². The maximum Gasteiger partial charge on any atom is 0.417 e. The maximum absolute atomic E-state index is 13.0. The van der Waals surface area contributed by atoms with E-state index in [1.54, 1.807) is 4.90 Å². The third-order valence-electron chi connectivity index (χ3n) is 4.34. The Hall–Kier alpha value is -1.76. The molecule has 26 heavy (non-hydrogen) atoms. The molecule has 0 saturated carbocycles. The summed E-state index contributed by atoms with van der Waals surface area (Å²) in [6, 6.07) is 3.36. The van der Waals surface area contributed by atoms with Crippen LogP contribution in [0.25, 0.3) is 0 Å². The standard InChI is InChI=1S/C18H22ClF3N2O2/c1-3-7-23(8-4-2)17(26)12-9-16(25)24(11-12)13-5-6-15(19)14(10-13)18(20,21)22/h5-6,10,12H,3-4,7-9,11H2,1-2H3. The van der Waals surface area contributed by atoms with E-state index in [0.29, 0.717) is 13.1 Å². The molecule has 0 bridgehead atoms. The van der Waals surface area contributed by atoms with Crippen LogP contribution in [0, 0.1) is 5.92 Å². The third kappa shape index (κ3) is 4.50. The molecule has 0 aliphatic carbocycles. The molecule has 0 aromatic heterocycles. The van der Waals surface area contributed by atoms with E-state index in [0.717, 1.165) is 25.0 Å². The first-order valence-electron chi connectivity index (χ1n) is 8.64. The minimum absolute atomic E-state index is 0.00669. The van der Waals surface area contributed by atoms with Gasteiger partial charge < -0.3 is 9.80 Å². The van der Waals surface area contributed by atoms with Crippen molar-refractivity contribution in [2.45, 2.75) is 39.3 Å². The molecule has 4 nitrogen and oxygen atoms in total. The highest BCUT2D eigenvalue weighted by Crippen LogP contribution is 2.38. The van der Waals surface area contributed by atoms with Crippen LogP contribution < -0.4 is 4.90 Å². The number of carbonyl (C=O) groups excluding carboxylic acids is 2. The number of anilines is 1. The summed E-state index contributed by atoms with van der Waals surface area (Å²) in [5, 5.41) is -0.419. The number of rotatable bonds is 6. The van der Waals surface area contributed by atoms with E-state index in [4.69, 9.17) is 11.6 Å². The summed E-state index contributed by atoms with van der Waals surface area (Å²) >= 11 is 5.63. The summed E-state index contributed by atoms with van der Waals surface area (Å²) in [5.41, 5.74) is -0.877. The maximum atomic E-state index is 13.0. The van der Waals surface area contributed by atoms with Crippen molar-refractivity contribution in [3.05, 3.63) is 28.8 Å². The fourth-order valence-electron chi connectivity index (χ4n) is 3.15. The van der Waals surface area contributed by atoms with Crippen molar-refractivity contribution in [3.63, 3.8) is 0 Å². The molecule has 0 N–H and O–H groups in total. The van der Waals surface area contributed by atoms with Crippen LogP contribution in [0.15, 0.2) is 18.2 Å². The quantitative estimate of drug-likeness (QED) is 0.724. The molecule has 2 rings (SSSR count). The second-order valence-electron chi connectivity index (χ2n) is 6.39. The summed E-state index contributed by atoms with van der Waals surface area (Å²) in [6.45, 7) is 5.23. The number of carbonyl (C=O) groups is 2. The van der Waals surface area contributed by atoms with Gasteiger partial charge in [0.05, 0.1) is 16.5 Å². The molecule has 1 atom stereocenters. The van der Waals surface area contributed by atoms with Gasteiger partial charge in [0, 0.05) is 31.7 Å². The number of benzene rings is 1. The molecule has 0 spiro atoms. The highest BCUT2D eigenvalue weighted by Gasteiger charge is 2.39. The van der Waals surface area contributed by atoms with Crippen molar-refractivity contribution in [2.75, 3.05) is 24.5 Å². The summed E-state index contributed by atoms with van der Waals surface area (Å²) in [4.78, 5) is 28.0. The number of halogens is 4. The van der Waals surface area contributed by atoms with E-state index in [2.05, 4.69) is 0 Å². The molecule has 1 unspecified atom stereocenters. The number of nitrogens with zero attached hydrogens (tertiary/aromatic N) is 2. The van der Waals surface area contributed by atoms with E-state index < -0.39 is 22.7 Å². The summed E-state index contributed by atoms with van der Waals surface area (Å²) in [7, 11) is 0. The van der Waals surface area contributed by atoms with E-state index in [9.17, 15) is 22.8 Å². The third-order valence-corrected chi connectivity index (χ3v) is 4.67. The van der Waals surface area contributed by atoms with Crippen LogP contribution in [-0.4, -0.2) is 36.3 Å². The van der Waals surface area contributed by atoms with Gasteiger partial charge in [0.25, 0.3) is 0 Å². The Morgan fingerprint density at radius 2 is 1.88 bits per heavy atom. The van der Waals surface area contributed by atoms with Gasteiger partial charge in [-0.15, -0.1) is 0 Å². The molecular formula is C18H22ClF3N2O2. The first-order valence-corrected chi connectivity index (χ1v) is 9.02. The second-order valence-corrected chi connectivity index (χ2v) is 6.80. The lowest BCUT2D eigenvalue weighted by Crippen LogP contribution is -2.38. The van der Waals surface area contributed by atoms with Crippen molar-refractivity contribution in [1.82, 2.24) is 4.90 Å². The Kier molecular flexibility index (Phi) is 6.55. The zero-order valence-electron chi connectivity index (χ0n) is 14.8. The van der Waals surface area contributed by atoms with E-state index in [-0.39, 0.29) is 30.5 Å². The highest BCUT2D eigenvalue weighted by molar-refractivity contribution is 6.31. The Labute approximate surface area is 155 Å². The fourth-order valence-corrected chi connectivity index (χ4v) is 3.38. The number of hydrogen-bond acceptors (Lipinski definition) is 2. The Bertz CT molecular complexity index is 673. The van der Waals surface area contributed by atoms with E-state index >= 15 is 0 Å². The van der Waals surface area contributed by atoms with Crippen molar-refractivity contribution in [2.24, 2.45) is 5.92 Å². The predicted octanol–water partition coefficient (Wildman–Crippen LogP) is 4.36. The smallest absolute Gasteiger partial charge is 0.342 e. The van der Waals surface area contributed by atoms with E-state index in [1.165, 1.54) is 11.0 Å². The molecule has 0 radical (unpaired) electrons. The van der Waals surface area contributed by atoms with Gasteiger partial charge >= 0.3 is 6.18 Å². The zero-order valence-corrected chi connectivity index (χ0v) is 15.5. The lowest BCUT2D eigenvalue weighted by molar-refractivity contribution is -0.137.